The van der Waals surface area contributed by atoms with Crippen LogP contribution in [0.25, 0.3) is 0 Å². The van der Waals surface area contributed by atoms with Crippen molar-refractivity contribution in [1.29, 1.82) is 0 Å². The van der Waals surface area contributed by atoms with Crippen LogP contribution in [0.2, 0.25) is 0 Å². The SMILES string of the molecule is CN(C)Cc1cc(NC(=O)CCc2cnn(C)c2)n[nH]1. The zero-order valence-corrected chi connectivity index (χ0v) is 12.1. The molecule has 2 aromatic heterocycles. The van der Waals surface area contributed by atoms with Crippen molar-refractivity contribution in [3.8, 4) is 0 Å². The van der Waals surface area contributed by atoms with Gasteiger partial charge in [0.2, 0.25) is 5.91 Å². The summed E-state index contributed by atoms with van der Waals surface area (Å²) in [5.74, 6) is 0.523. The maximum Gasteiger partial charge on any atom is 0.225 e. The number of nitrogens with one attached hydrogen (secondary N) is 2. The molecule has 0 saturated heterocycles. The van der Waals surface area contributed by atoms with Crippen molar-refractivity contribution in [2.24, 2.45) is 7.05 Å². The Morgan fingerprint density at radius 2 is 2.30 bits per heavy atom. The Morgan fingerprint density at radius 3 is 2.95 bits per heavy atom. The lowest BCUT2D eigenvalue weighted by molar-refractivity contribution is -0.116. The van der Waals surface area contributed by atoms with Crippen molar-refractivity contribution in [3.63, 3.8) is 0 Å². The second-order valence-electron chi connectivity index (χ2n) is 5.09. The van der Waals surface area contributed by atoms with Gasteiger partial charge in [-0.15, -0.1) is 0 Å². The minimum Gasteiger partial charge on any atom is -0.309 e. The van der Waals surface area contributed by atoms with Crippen LogP contribution in [0.5, 0.6) is 0 Å². The number of anilines is 1. The van der Waals surface area contributed by atoms with E-state index in [0.717, 1.165) is 17.8 Å². The summed E-state index contributed by atoms with van der Waals surface area (Å²) in [6.07, 6.45) is 4.78. The van der Waals surface area contributed by atoms with Crippen LogP contribution in [-0.4, -0.2) is 44.9 Å². The van der Waals surface area contributed by atoms with Gasteiger partial charge in [-0.1, -0.05) is 0 Å². The first-order valence-corrected chi connectivity index (χ1v) is 6.49. The number of nitrogens with zero attached hydrogens (tertiary/aromatic N) is 4. The molecule has 2 N–H and O–H groups in total. The fourth-order valence-electron chi connectivity index (χ4n) is 1.91. The van der Waals surface area contributed by atoms with E-state index in [9.17, 15) is 4.79 Å². The zero-order chi connectivity index (χ0) is 14.5. The smallest absolute Gasteiger partial charge is 0.225 e. The molecule has 0 aliphatic rings. The minimum absolute atomic E-state index is 0.0447. The van der Waals surface area contributed by atoms with Crippen molar-refractivity contribution >= 4 is 11.7 Å². The van der Waals surface area contributed by atoms with E-state index in [0.29, 0.717) is 18.7 Å². The van der Waals surface area contributed by atoms with Crippen molar-refractivity contribution in [2.45, 2.75) is 19.4 Å². The Balaban J connectivity index is 1.80. The number of carbonyl (C=O) groups excluding carboxylic acids is 1. The van der Waals surface area contributed by atoms with Crippen molar-refractivity contribution < 1.29 is 4.79 Å². The number of rotatable bonds is 6. The predicted octanol–water partition coefficient (Wildman–Crippen LogP) is 0.776. The van der Waals surface area contributed by atoms with Gasteiger partial charge < -0.3 is 10.2 Å². The van der Waals surface area contributed by atoms with Gasteiger partial charge in [-0.2, -0.15) is 10.2 Å². The van der Waals surface area contributed by atoms with Gasteiger partial charge >= 0.3 is 0 Å². The van der Waals surface area contributed by atoms with Crippen LogP contribution < -0.4 is 5.32 Å². The lowest BCUT2D eigenvalue weighted by Gasteiger charge is -2.05. The number of aromatic nitrogens is 4. The summed E-state index contributed by atoms with van der Waals surface area (Å²) < 4.78 is 1.73. The summed E-state index contributed by atoms with van der Waals surface area (Å²) in [5.41, 5.74) is 2.02. The molecule has 0 unspecified atom stereocenters. The highest BCUT2D eigenvalue weighted by molar-refractivity contribution is 5.89. The first-order chi connectivity index (χ1) is 9.52. The van der Waals surface area contributed by atoms with Crippen LogP contribution in [0.15, 0.2) is 18.5 Å². The first-order valence-electron chi connectivity index (χ1n) is 6.49. The lowest BCUT2D eigenvalue weighted by atomic mass is 10.2. The molecule has 0 aliphatic carbocycles. The third-order valence-electron chi connectivity index (χ3n) is 2.78. The van der Waals surface area contributed by atoms with Gasteiger partial charge in [0.25, 0.3) is 0 Å². The van der Waals surface area contributed by atoms with Gasteiger partial charge in [-0.05, 0) is 26.1 Å². The second-order valence-corrected chi connectivity index (χ2v) is 5.09. The molecule has 20 heavy (non-hydrogen) atoms. The minimum atomic E-state index is -0.0447. The molecular weight excluding hydrogens is 256 g/mol. The molecule has 108 valence electrons. The van der Waals surface area contributed by atoms with Crippen LogP contribution in [0, 0.1) is 0 Å². The van der Waals surface area contributed by atoms with Crippen molar-refractivity contribution in [2.75, 3.05) is 19.4 Å². The van der Waals surface area contributed by atoms with Crippen LogP contribution in [0.4, 0.5) is 5.82 Å². The Labute approximate surface area is 118 Å². The number of H-pyrrole nitrogens is 1. The van der Waals surface area contributed by atoms with Crippen molar-refractivity contribution in [3.05, 3.63) is 29.7 Å². The van der Waals surface area contributed by atoms with Gasteiger partial charge in [-0.3, -0.25) is 14.6 Å². The Hall–Kier alpha value is -2.15. The normalized spacial score (nSPS) is 11.0. The Kier molecular flexibility index (Phi) is 4.52. The number of amides is 1. The monoisotopic (exact) mass is 276 g/mol. The van der Waals surface area contributed by atoms with E-state index in [-0.39, 0.29) is 5.91 Å². The molecule has 0 fully saturated rings. The summed E-state index contributed by atoms with van der Waals surface area (Å²) in [5, 5.41) is 13.8. The fraction of sp³-hybridized carbons (Fsp3) is 0.462. The van der Waals surface area contributed by atoms with E-state index in [1.165, 1.54) is 0 Å². The molecule has 0 aliphatic heterocycles. The van der Waals surface area contributed by atoms with Gasteiger partial charge in [0.05, 0.1) is 11.9 Å². The molecule has 2 aromatic rings. The van der Waals surface area contributed by atoms with Crippen LogP contribution >= 0.6 is 0 Å². The highest BCUT2D eigenvalue weighted by Gasteiger charge is 2.07. The van der Waals surface area contributed by atoms with Gasteiger partial charge in [0.1, 0.15) is 0 Å². The number of hydrogen-bond donors (Lipinski definition) is 2. The third-order valence-corrected chi connectivity index (χ3v) is 2.78. The average Bonchev–Trinajstić information content (AvgIpc) is 2.95. The molecule has 1 amide bonds. The number of carbonyl (C=O) groups is 1. The topological polar surface area (TPSA) is 78.8 Å². The van der Waals surface area contributed by atoms with E-state index in [1.807, 2.05) is 38.3 Å². The van der Waals surface area contributed by atoms with Crippen molar-refractivity contribution in [1.82, 2.24) is 24.9 Å². The molecule has 0 saturated carbocycles. The molecular formula is C13H20N6O. The largest absolute Gasteiger partial charge is 0.309 e. The molecule has 0 aromatic carbocycles. The van der Waals surface area contributed by atoms with E-state index in [1.54, 1.807) is 10.9 Å². The highest BCUT2D eigenvalue weighted by atomic mass is 16.1. The molecule has 0 atom stereocenters. The Morgan fingerprint density at radius 1 is 1.50 bits per heavy atom. The number of hydrogen-bond acceptors (Lipinski definition) is 4. The Bertz CT molecular complexity index is 571. The van der Waals surface area contributed by atoms with Crippen LogP contribution in [-0.2, 0) is 24.8 Å². The van der Waals surface area contributed by atoms with E-state index in [2.05, 4.69) is 20.6 Å². The number of aryl methyl sites for hydroxylation is 2. The predicted molar refractivity (Wildman–Crippen MR) is 76.1 cm³/mol. The molecule has 0 spiro atoms. The summed E-state index contributed by atoms with van der Waals surface area (Å²) in [6.45, 7) is 0.762. The third kappa shape index (κ3) is 4.20. The second kappa shape index (κ2) is 6.33. The quantitative estimate of drug-likeness (QED) is 0.817. The van der Waals surface area contributed by atoms with Crippen LogP contribution in [0.3, 0.4) is 0 Å². The molecule has 0 radical (unpaired) electrons. The summed E-state index contributed by atoms with van der Waals surface area (Å²) >= 11 is 0. The fourth-order valence-corrected chi connectivity index (χ4v) is 1.91. The van der Waals surface area contributed by atoms with E-state index in [4.69, 9.17) is 0 Å². The summed E-state index contributed by atoms with van der Waals surface area (Å²) in [6, 6.07) is 1.85. The lowest BCUT2D eigenvalue weighted by Crippen LogP contribution is -2.12. The highest BCUT2D eigenvalue weighted by Crippen LogP contribution is 2.08. The molecule has 7 heteroatoms. The van der Waals surface area contributed by atoms with E-state index < -0.39 is 0 Å². The number of aromatic amines is 1. The molecule has 2 heterocycles. The summed E-state index contributed by atoms with van der Waals surface area (Å²) in [4.78, 5) is 13.9. The van der Waals surface area contributed by atoms with E-state index >= 15 is 0 Å². The standard InChI is InChI=1S/C13H20N6O/c1-18(2)9-11-6-12(17-16-11)15-13(20)5-4-10-7-14-19(3)8-10/h6-8H,4-5,9H2,1-3H3,(H2,15,16,17,20). The van der Waals surface area contributed by atoms with Gasteiger partial charge in [0, 0.05) is 32.3 Å². The van der Waals surface area contributed by atoms with Gasteiger partial charge in [0.15, 0.2) is 5.82 Å². The molecule has 2 rings (SSSR count). The summed E-state index contributed by atoms with van der Waals surface area (Å²) in [7, 11) is 5.82. The van der Waals surface area contributed by atoms with Crippen LogP contribution in [0.1, 0.15) is 17.7 Å². The maximum absolute atomic E-state index is 11.8. The first kappa shape index (κ1) is 14.3. The average molecular weight is 276 g/mol. The maximum atomic E-state index is 11.8. The zero-order valence-electron chi connectivity index (χ0n) is 12.1. The van der Waals surface area contributed by atoms with Gasteiger partial charge in [-0.25, -0.2) is 0 Å². The molecule has 0 bridgehead atoms. The molecule has 7 nitrogen and oxygen atoms in total.